The molecule has 3 aliphatic rings. The third kappa shape index (κ3) is 4.85. The fourth-order valence-electron chi connectivity index (χ4n) is 4.02. The zero-order valence-electron chi connectivity index (χ0n) is 13.8. The van der Waals surface area contributed by atoms with Gasteiger partial charge in [-0.15, -0.1) is 0 Å². The third-order valence-electron chi connectivity index (χ3n) is 5.45. The molecule has 2 saturated carbocycles. The fourth-order valence-corrected chi connectivity index (χ4v) is 4.02. The minimum atomic E-state index is 0.603. The zero-order valence-corrected chi connectivity index (χ0v) is 13.8. The van der Waals surface area contributed by atoms with Crippen LogP contribution in [0.5, 0.6) is 0 Å². The molecule has 0 aromatic heterocycles. The number of rotatable bonds is 6. The van der Waals surface area contributed by atoms with Crippen molar-refractivity contribution in [2.75, 3.05) is 39.4 Å². The van der Waals surface area contributed by atoms with Crippen LogP contribution in [0.3, 0.4) is 0 Å². The van der Waals surface area contributed by atoms with Gasteiger partial charge < -0.3 is 15.8 Å². The molecule has 2 aliphatic carbocycles. The quantitative estimate of drug-likeness (QED) is 0.444. The maximum absolute atomic E-state index is 6.03. The van der Waals surface area contributed by atoms with Crippen LogP contribution >= 0.6 is 0 Å². The summed E-state index contributed by atoms with van der Waals surface area (Å²) < 4.78 is 5.36. The van der Waals surface area contributed by atoms with Crippen LogP contribution in [0, 0.1) is 11.8 Å². The Kier molecular flexibility index (Phi) is 5.96. The van der Waals surface area contributed by atoms with Gasteiger partial charge in [0.05, 0.1) is 13.2 Å². The number of nitrogens with zero attached hydrogens (tertiary/aromatic N) is 2. The standard InChI is InChI=1S/C17H32N4O/c18-17(19-7-4-8-21-9-11-22-12-10-21)20-16-13-15(16)14-5-2-1-3-6-14/h14-16H,1-13H2,(H3,18,19,20). The number of ether oxygens (including phenoxy) is 1. The van der Waals surface area contributed by atoms with Crippen molar-refractivity contribution in [1.29, 1.82) is 0 Å². The van der Waals surface area contributed by atoms with Crippen LogP contribution in [-0.2, 0) is 4.74 Å². The number of nitrogens with one attached hydrogen (secondary N) is 1. The smallest absolute Gasteiger partial charge is 0.188 e. The van der Waals surface area contributed by atoms with Crippen LogP contribution in [0.4, 0.5) is 0 Å². The van der Waals surface area contributed by atoms with Gasteiger partial charge in [0.1, 0.15) is 0 Å². The van der Waals surface area contributed by atoms with Crippen molar-refractivity contribution in [2.24, 2.45) is 22.6 Å². The normalized spacial score (nSPS) is 31.2. The lowest BCUT2D eigenvalue weighted by molar-refractivity contribution is 0.0377. The molecule has 0 amide bonds. The van der Waals surface area contributed by atoms with Gasteiger partial charge in [-0.3, -0.25) is 9.89 Å². The second kappa shape index (κ2) is 8.16. The molecule has 0 aromatic rings. The minimum absolute atomic E-state index is 0.603. The molecule has 3 fully saturated rings. The summed E-state index contributed by atoms with van der Waals surface area (Å²) in [6, 6.07) is 0.603. The van der Waals surface area contributed by atoms with Crippen LogP contribution in [0.25, 0.3) is 0 Å². The molecule has 5 heteroatoms. The first-order valence-corrected chi connectivity index (χ1v) is 9.19. The van der Waals surface area contributed by atoms with Crippen molar-refractivity contribution in [1.82, 2.24) is 10.2 Å². The molecule has 126 valence electrons. The lowest BCUT2D eigenvalue weighted by Crippen LogP contribution is -2.37. The van der Waals surface area contributed by atoms with Crippen molar-refractivity contribution in [3.05, 3.63) is 0 Å². The van der Waals surface area contributed by atoms with Gasteiger partial charge in [-0.25, -0.2) is 0 Å². The molecule has 2 atom stereocenters. The van der Waals surface area contributed by atoms with Crippen molar-refractivity contribution in [3.8, 4) is 0 Å². The Balaban J connectivity index is 1.28. The molecular weight excluding hydrogens is 276 g/mol. The molecule has 1 heterocycles. The molecule has 1 saturated heterocycles. The van der Waals surface area contributed by atoms with Gasteiger partial charge >= 0.3 is 0 Å². The van der Waals surface area contributed by atoms with Crippen molar-refractivity contribution < 1.29 is 4.74 Å². The summed E-state index contributed by atoms with van der Waals surface area (Å²) in [7, 11) is 0. The Hall–Kier alpha value is -0.810. The second-order valence-electron chi connectivity index (χ2n) is 7.12. The van der Waals surface area contributed by atoms with Gasteiger partial charge in [0.15, 0.2) is 5.96 Å². The van der Waals surface area contributed by atoms with Gasteiger partial charge in [-0.1, -0.05) is 32.1 Å². The predicted octanol–water partition coefficient (Wildman–Crippen LogP) is 1.58. The lowest BCUT2D eigenvalue weighted by atomic mass is 9.85. The van der Waals surface area contributed by atoms with E-state index >= 15 is 0 Å². The van der Waals surface area contributed by atoms with E-state index in [9.17, 15) is 0 Å². The summed E-state index contributed by atoms with van der Waals surface area (Å²) in [4.78, 5) is 6.94. The average molecular weight is 308 g/mol. The van der Waals surface area contributed by atoms with E-state index in [0.29, 0.717) is 12.0 Å². The maximum atomic E-state index is 6.03. The molecule has 0 radical (unpaired) electrons. The van der Waals surface area contributed by atoms with Crippen molar-refractivity contribution in [3.63, 3.8) is 0 Å². The maximum Gasteiger partial charge on any atom is 0.188 e. The molecule has 0 aromatic carbocycles. The van der Waals surface area contributed by atoms with Gasteiger partial charge in [0.2, 0.25) is 0 Å². The Bertz CT molecular complexity index is 362. The number of morpholine rings is 1. The monoisotopic (exact) mass is 308 g/mol. The Labute approximate surface area is 134 Å². The lowest BCUT2D eigenvalue weighted by Gasteiger charge is -2.26. The summed E-state index contributed by atoms with van der Waals surface area (Å²) >= 11 is 0. The third-order valence-corrected chi connectivity index (χ3v) is 5.45. The molecule has 1 aliphatic heterocycles. The molecule has 3 N–H and O–H groups in total. The van der Waals surface area contributed by atoms with Crippen LogP contribution in [0.2, 0.25) is 0 Å². The van der Waals surface area contributed by atoms with Gasteiger partial charge in [-0.05, 0) is 24.7 Å². The molecule has 3 rings (SSSR count). The number of nitrogens with two attached hydrogens (primary N) is 1. The molecular formula is C17H32N4O. The summed E-state index contributed by atoms with van der Waals surface area (Å²) in [5.74, 6) is 2.47. The number of aliphatic imine (C=N–C) groups is 1. The van der Waals surface area contributed by atoms with E-state index in [1.165, 1.54) is 38.5 Å². The number of guanidine groups is 1. The summed E-state index contributed by atoms with van der Waals surface area (Å²) in [6.07, 6.45) is 9.54. The molecule has 2 unspecified atom stereocenters. The predicted molar refractivity (Wildman–Crippen MR) is 90.0 cm³/mol. The molecule has 5 nitrogen and oxygen atoms in total. The van der Waals surface area contributed by atoms with Gasteiger partial charge in [0.25, 0.3) is 0 Å². The zero-order chi connectivity index (χ0) is 15.2. The van der Waals surface area contributed by atoms with E-state index in [0.717, 1.165) is 57.6 Å². The number of hydrogen-bond donors (Lipinski definition) is 2. The van der Waals surface area contributed by atoms with E-state index in [-0.39, 0.29) is 0 Å². The van der Waals surface area contributed by atoms with Crippen LogP contribution in [0.15, 0.2) is 4.99 Å². The number of hydrogen-bond acceptors (Lipinski definition) is 3. The second-order valence-corrected chi connectivity index (χ2v) is 7.12. The van der Waals surface area contributed by atoms with E-state index < -0.39 is 0 Å². The van der Waals surface area contributed by atoms with E-state index in [1.54, 1.807) is 0 Å². The first kappa shape index (κ1) is 16.1. The summed E-state index contributed by atoms with van der Waals surface area (Å²) in [5.41, 5.74) is 6.03. The average Bonchev–Trinajstić information content (AvgIpc) is 3.32. The van der Waals surface area contributed by atoms with E-state index in [2.05, 4.69) is 15.2 Å². The van der Waals surface area contributed by atoms with Crippen LogP contribution in [0.1, 0.15) is 44.9 Å². The highest BCUT2D eigenvalue weighted by molar-refractivity contribution is 5.78. The Morgan fingerprint density at radius 2 is 1.95 bits per heavy atom. The minimum Gasteiger partial charge on any atom is -0.379 e. The van der Waals surface area contributed by atoms with Gasteiger partial charge in [-0.2, -0.15) is 0 Å². The Morgan fingerprint density at radius 1 is 1.18 bits per heavy atom. The first-order valence-electron chi connectivity index (χ1n) is 9.19. The van der Waals surface area contributed by atoms with Crippen molar-refractivity contribution >= 4 is 5.96 Å². The molecule has 0 spiro atoms. The molecule has 22 heavy (non-hydrogen) atoms. The Morgan fingerprint density at radius 3 is 2.73 bits per heavy atom. The molecule has 0 bridgehead atoms. The van der Waals surface area contributed by atoms with E-state index in [4.69, 9.17) is 10.5 Å². The van der Waals surface area contributed by atoms with Gasteiger partial charge in [0, 0.05) is 32.2 Å². The fraction of sp³-hybridized carbons (Fsp3) is 0.941. The topological polar surface area (TPSA) is 62.9 Å². The summed E-state index contributed by atoms with van der Waals surface area (Å²) in [5, 5.41) is 3.43. The highest BCUT2D eigenvalue weighted by atomic mass is 16.5. The van der Waals surface area contributed by atoms with Crippen LogP contribution in [-0.4, -0.2) is 56.3 Å². The van der Waals surface area contributed by atoms with Crippen LogP contribution < -0.4 is 11.1 Å². The summed E-state index contributed by atoms with van der Waals surface area (Å²) in [6.45, 7) is 5.80. The van der Waals surface area contributed by atoms with E-state index in [1.807, 2.05) is 0 Å². The highest BCUT2D eigenvalue weighted by Gasteiger charge is 2.43. The largest absolute Gasteiger partial charge is 0.379 e. The first-order chi connectivity index (χ1) is 10.8. The highest BCUT2D eigenvalue weighted by Crippen LogP contribution is 2.44. The SMILES string of the molecule is NC(=NCCCN1CCOCC1)NC1CC1C1CCCCC1. The van der Waals surface area contributed by atoms with Crippen molar-refractivity contribution in [2.45, 2.75) is 51.0 Å².